The van der Waals surface area contributed by atoms with Gasteiger partial charge in [-0.1, -0.05) is 18.2 Å². The van der Waals surface area contributed by atoms with Gasteiger partial charge in [-0.3, -0.25) is 9.48 Å². The van der Waals surface area contributed by atoms with Gasteiger partial charge in [0.1, 0.15) is 17.2 Å². The third-order valence-corrected chi connectivity index (χ3v) is 3.80. The van der Waals surface area contributed by atoms with E-state index in [1.165, 1.54) is 31.3 Å². The first-order valence-corrected chi connectivity index (χ1v) is 7.64. The zero-order valence-corrected chi connectivity index (χ0v) is 13.8. The van der Waals surface area contributed by atoms with E-state index in [0.29, 0.717) is 5.56 Å². The molecule has 3 rings (SSSR count). The summed E-state index contributed by atoms with van der Waals surface area (Å²) in [6, 6.07) is 9.71. The Labute approximate surface area is 150 Å². The number of hydrogen-bond acceptors (Lipinski definition) is 2. The van der Waals surface area contributed by atoms with Gasteiger partial charge in [-0.2, -0.15) is 18.3 Å². The van der Waals surface area contributed by atoms with Crippen molar-refractivity contribution in [3.05, 3.63) is 71.4 Å². The van der Waals surface area contributed by atoms with E-state index in [0.717, 1.165) is 28.9 Å². The molecule has 0 aliphatic rings. The molecule has 9 heteroatoms. The van der Waals surface area contributed by atoms with E-state index in [1.54, 1.807) is 0 Å². The highest BCUT2D eigenvalue weighted by molar-refractivity contribution is 6.04. The number of halogens is 5. The zero-order valence-electron chi connectivity index (χ0n) is 13.8. The number of amides is 1. The van der Waals surface area contributed by atoms with Gasteiger partial charge in [-0.05, 0) is 35.9 Å². The van der Waals surface area contributed by atoms with Gasteiger partial charge in [0.2, 0.25) is 0 Å². The minimum Gasteiger partial charge on any atom is -0.322 e. The highest BCUT2D eigenvalue weighted by Crippen LogP contribution is 2.31. The van der Waals surface area contributed by atoms with Crippen molar-refractivity contribution in [2.24, 2.45) is 7.05 Å². The van der Waals surface area contributed by atoms with Crippen molar-refractivity contribution in [1.82, 2.24) is 9.78 Å². The van der Waals surface area contributed by atoms with E-state index in [2.05, 4.69) is 10.4 Å². The van der Waals surface area contributed by atoms with Crippen LogP contribution in [0.2, 0.25) is 0 Å². The van der Waals surface area contributed by atoms with Gasteiger partial charge >= 0.3 is 6.18 Å². The van der Waals surface area contributed by atoms with Crippen LogP contribution in [0.4, 0.5) is 27.6 Å². The molecule has 0 atom stereocenters. The highest BCUT2D eigenvalue weighted by atomic mass is 19.4. The topological polar surface area (TPSA) is 46.9 Å². The van der Waals surface area contributed by atoms with Crippen LogP contribution in [0.25, 0.3) is 11.3 Å². The van der Waals surface area contributed by atoms with Crippen LogP contribution in [0.15, 0.2) is 48.5 Å². The highest BCUT2D eigenvalue weighted by Gasteiger charge is 2.34. The third-order valence-electron chi connectivity index (χ3n) is 3.80. The first-order chi connectivity index (χ1) is 12.7. The van der Waals surface area contributed by atoms with Crippen molar-refractivity contribution in [1.29, 1.82) is 0 Å². The lowest BCUT2D eigenvalue weighted by Crippen LogP contribution is -2.15. The molecule has 0 radical (unpaired) electrons. The fourth-order valence-corrected chi connectivity index (χ4v) is 2.51. The molecule has 140 valence electrons. The van der Waals surface area contributed by atoms with E-state index in [9.17, 15) is 26.7 Å². The second-order valence-corrected chi connectivity index (χ2v) is 5.66. The number of aromatic nitrogens is 2. The van der Waals surface area contributed by atoms with Gasteiger partial charge in [-0.25, -0.2) is 8.78 Å². The maximum atomic E-state index is 13.6. The van der Waals surface area contributed by atoms with Crippen molar-refractivity contribution >= 4 is 11.6 Å². The van der Waals surface area contributed by atoms with Crippen LogP contribution < -0.4 is 5.32 Å². The molecule has 0 unspecified atom stereocenters. The van der Waals surface area contributed by atoms with Crippen LogP contribution in [0.5, 0.6) is 0 Å². The average Bonchev–Trinajstić information content (AvgIpc) is 2.97. The van der Waals surface area contributed by atoms with Crippen molar-refractivity contribution in [3.63, 3.8) is 0 Å². The fourth-order valence-electron chi connectivity index (χ4n) is 2.51. The normalized spacial score (nSPS) is 11.5. The molecule has 1 amide bonds. The molecule has 3 aromatic rings. The number of anilines is 1. The van der Waals surface area contributed by atoms with Crippen LogP contribution in [0, 0.1) is 11.6 Å². The summed E-state index contributed by atoms with van der Waals surface area (Å²) in [5.74, 6) is -2.98. The molecule has 0 aliphatic carbocycles. The van der Waals surface area contributed by atoms with E-state index in [1.807, 2.05) is 0 Å². The first kappa shape index (κ1) is 18.6. The number of nitrogens with one attached hydrogen (secondary N) is 1. The van der Waals surface area contributed by atoms with Crippen LogP contribution in [-0.4, -0.2) is 15.7 Å². The predicted molar refractivity (Wildman–Crippen MR) is 88.0 cm³/mol. The predicted octanol–water partition coefficient (Wildman–Crippen LogP) is 4.64. The standard InChI is InChI=1S/C18H12F5N3O/c1-26-14(9-15(25-26)18(21,22)23)10-5-7-11(8-6-10)24-17(27)16-12(19)3-2-4-13(16)20/h2-9H,1H3,(H,24,27). The van der Waals surface area contributed by atoms with Crippen LogP contribution in [0.3, 0.4) is 0 Å². The molecule has 1 aromatic heterocycles. The molecule has 2 aromatic carbocycles. The van der Waals surface area contributed by atoms with Gasteiger partial charge in [0, 0.05) is 12.7 Å². The number of nitrogens with zero attached hydrogens (tertiary/aromatic N) is 2. The summed E-state index contributed by atoms with van der Waals surface area (Å²) in [6.45, 7) is 0. The Morgan fingerprint density at radius 2 is 1.63 bits per heavy atom. The van der Waals surface area contributed by atoms with Gasteiger partial charge < -0.3 is 5.32 Å². The maximum Gasteiger partial charge on any atom is 0.435 e. The molecule has 1 N–H and O–H groups in total. The Kier molecular flexibility index (Phi) is 4.69. The average molecular weight is 381 g/mol. The molecule has 0 aliphatic heterocycles. The molecular weight excluding hydrogens is 369 g/mol. The van der Waals surface area contributed by atoms with Crippen molar-refractivity contribution < 1.29 is 26.7 Å². The molecule has 0 saturated heterocycles. The lowest BCUT2D eigenvalue weighted by molar-refractivity contribution is -0.141. The van der Waals surface area contributed by atoms with Gasteiger partial charge in [0.25, 0.3) is 5.91 Å². The Morgan fingerprint density at radius 3 is 2.15 bits per heavy atom. The summed E-state index contributed by atoms with van der Waals surface area (Å²) in [4.78, 5) is 12.0. The summed E-state index contributed by atoms with van der Waals surface area (Å²) in [5.41, 5.74) is -0.865. The van der Waals surface area contributed by atoms with Gasteiger partial charge in [0.05, 0.1) is 5.69 Å². The second-order valence-electron chi connectivity index (χ2n) is 5.66. The van der Waals surface area contributed by atoms with Crippen LogP contribution >= 0.6 is 0 Å². The molecule has 0 fully saturated rings. The number of hydrogen-bond donors (Lipinski definition) is 1. The molecule has 1 heterocycles. The number of carbonyl (C=O) groups is 1. The molecule has 27 heavy (non-hydrogen) atoms. The maximum absolute atomic E-state index is 13.6. The summed E-state index contributed by atoms with van der Waals surface area (Å²) < 4.78 is 66.6. The Balaban J connectivity index is 1.82. The van der Waals surface area contributed by atoms with Crippen LogP contribution in [0.1, 0.15) is 16.1 Å². The molecular formula is C18H12F5N3O. The Bertz CT molecular complexity index is 973. The van der Waals surface area contributed by atoms with Crippen LogP contribution in [-0.2, 0) is 13.2 Å². The smallest absolute Gasteiger partial charge is 0.322 e. The molecule has 0 saturated carbocycles. The lowest BCUT2D eigenvalue weighted by Gasteiger charge is -2.08. The summed E-state index contributed by atoms with van der Waals surface area (Å²) >= 11 is 0. The van der Waals surface area contributed by atoms with E-state index in [-0.39, 0.29) is 11.4 Å². The van der Waals surface area contributed by atoms with Crippen molar-refractivity contribution in [2.45, 2.75) is 6.18 Å². The quantitative estimate of drug-likeness (QED) is 0.672. The van der Waals surface area contributed by atoms with E-state index < -0.39 is 35.0 Å². The minimum absolute atomic E-state index is 0.223. The first-order valence-electron chi connectivity index (χ1n) is 7.64. The van der Waals surface area contributed by atoms with Gasteiger partial charge in [-0.15, -0.1) is 0 Å². The lowest BCUT2D eigenvalue weighted by atomic mass is 10.1. The van der Waals surface area contributed by atoms with Crippen molar-refractivity contribution in [3.8, 4) is 11.3 Å². The number of alkyl halides is 3. The largest absolute Gasteiger partial charge is 0.435 e. The molecule has 4 nitrogen and oxygen atoms in total. The van der Waals surface area contributed by atoms with E-state index >= 15 is 0 Å². The Morgan fingerprint density at radius 1 is 1.04 bits per heavy atom. The summed E-state index contributed by atoms with van der Waals surface area (Å²) in [5, 5.41) is 5.77. The summed E-state index contributed by atoms with van der Waals surface area (Å²) in [7, 11) is 1.38. The molecule has 0 spiro atoms. The zero-order chi connectivity index (χ0) is 19.8. The number of carbonyl (C=O) groups excluding carboxylic acids is 1. The summed E-state index contributed by atoms with van der Waals surface area (Å²) in [6.07, 6.45) is -4.56. The number of aryl methyl sites for hydroxylation is 1. The number of rotatable bonds is 3. The van der Waals surface area contributed by atoms with Crippen molar-refractivity contribution in [2.75, 3.05) is 5.32 Å². The third kappa shape index (κ3) is 3.81. The fraction of sp³-hybridized carbons (Fsp3) is 0.111. The SMILES string of the molecule is Cn1nc(C(F)(F)F)cc1-c1ccc(NC(=O)c2c(F)cccc2F)cc1. The Hall–Kier alpha value is -3.23. The molecule has 0 bridgehead atoms. The monoisotopic (exact) mass is 381 g/mol. The minimum atomic E-state index is -4.56. The van der Waals surface area contributed by atoms with E-state index in [4.69, 9.17) is 0 Å². The van der Waals surface area contributed by atoms with Gasteiger partial charge in [0.15, 0.2) is 5.69 Å². The second kappa shape index (κ2) is 6.82. The number of benzene rings is 2.